The number of fused-ring (bicyclic) bond motifs is 1. The predicted molar refractivity (Wildman–Crippen MR) is 110 cm³/mol. The summed E-state index contributed by atoms with van der Waals surface area (Å²) in [5.41, 5.74) is 3.36. The molecule has 150 valence electrons. The fourth-order valence-electron chi connectivity index (χ4n) is 2.59. The number of nitrogens with zero attached hydrogens (tertiary/aromatic N) is 4. The van der Waals surface area contributed by atoms with Crippen molar-refractivity contribution in [1.82, 2.24) is 25.5 Å². The summed E-state index contributed by atoms with van der Waals surface area (Å²) in [5, 5.41) is 21.3. The number of allylic oxidation sites excluding steroid dienone is 1. The Balaban J connectivity index is 1.87. The number of alkyl halides is 2. The van der Waals surface area contributed by atoms with Gasteiger partial charge in [-0.2, -0.15) is 5.10 Å². The van der Waals surface area contributed by atoms with Crippen molar-refractivity contribution in [2.45, 2.75) is 26.2 Å². The first kappa shape index (κ1) is 20.2. The molecule has 7 nitrogen and oxygen atoms in total. The second-order valence-corrected chi connectivity index (χ2v) is 6.66. The number of pyridine rings is 2. The summed E-state index contributed by atoms with van der Waals surface area (Å²) in [7, 11) is 0. The fourth-order valence-corrected chi connectivity index (χ4v) is 2.59. The van der Waals surface area contributed by atoms with Gasteiger partial charge in [-0.25, -0.2) is 13.8 Å². The van der Waals surface area contributed by atoms with Crippen LogP contribution < -0.4 is 10.6 Å². The maximum Gasteiger partial charge on any atom is 0.255 e. The number of nitrogens with one attached hydrogen (secondary N) is 3. The lowest BCUT2D eigenvalue weighted by Gasteiger charge is -2.09. The number of hydrogen-bond donors (Lipinski definition) is 3. The van der Waals surface area contributed by atoms with Crippen molar-refractivity contribution in [3.8, 4) is 0 Å². The van der Waals surface area contributed by atoms with E-state index in [-0.39, 0.29) is 0 Å². The summed E-state index contributed by atoms with van der Waals surface area (Å²) in [6.07, 6.45) is 3.29. The Morgan fingerprint density at radius 1 is 1.14 bits per heavy atom. The van der Waals surface area contributed by atoms with E-state index < -0.39 is 13.0 Å². The number of anilines is 2. The maximum atomic E-state index is 12.3. The lowest BCUT2D eigenvalue weighted by atomic mass is 10.1. The lowest BCUT2D eigenvalue weighted by molar-refractivity contribution is 0.151. The van der Waals surface area contributed by atoms with Crippen molar-refractivity contribution in [3.05, 3.63) is 54.0 Å². The van der Waals surface area contributed by atoms with Crippen molar-refractivity contribution in [2.75, 3.05) is 11.9 Å². The predicted octanol–water partition coefficient (Wildman–Crippen LogP) is 4.13. The highest BCUT2D eigenvalue weighted by Gasteiger charge is 2.07. The van der Waals surface area contributed by atoms with Crippen LogP contribution in [0.4, 0.5) is 20.4 Å². The molecule has 0 atom stereocenters. The van der Waals surface area contributed by atoms with Crippen LogP contribution in [-0.4, -0.2) is 39.4 Å². The van der Waals surface area contributed by atoms with Gasteiger partial charge in [0.1, 0.15) is 5.82 Å². The van der Waals surface area contributed by atoms with Crippen LogP contribution in [0.15, 0.2) is 42.9 Å². The van der Waals surface area contributed by atoms with Gasteiger partial charge >= 0.3 is 0 Å². The molecule has 3 heterocycles. The van der Waals surface area contributed by atoms with Gasteiger partial charge in [-0.3, -0.25) is 4.98 Å². The highest BCUT2D eigenvalue weighted by atomic mass is 19.3. The molecule has 0 fully saturated rings. The molecule has 0 amide bonds. The number of halogens is 2. The van der Waals surface area contributed by atoms with E-state index >= 15 is 0 Å². The summed E-state index contributed by atoms with van der Waals surface area (Å²) in [4.78, 5) is 8.89. The van der Waals surface area contributed by atoms with Crippen molar-refractivity contribution in [2.24, 2.45) is 0 Å². The highest BCUT2D eigenvalue weighted by Crippen LogP contribution is 2.21. The average Bonchev–Trinajstić information content (AvgIpc) is 2.70. The third-order valence-electron chi connectivity index (χ3n) is 4.15. The van der Waals surface area contributed by atoms with E-state index in [1.54, 1.807) is 24.5 Å². The van der Waals surface area contributed by atoms with Crippen LogP contribution in [0.2, 0.25) is 0 Å². The molecular formula is C20H21F2N7. The monoisotopic (exact) mass is 397 g/mol. The molecule has 9 heteroatoms. The van der Waals surface area contributed by atoms with E-state index in [4.69, 9.17) is 5.41 Å². The van der Waals surface area contributed by atoms with E-state index in [1.807, 2.05) is 12.1 Å². The molecule has 0 aromatic carbocycles. The molecule has 3 rings (SSSR count). The van der Waals surface area contributed by atoms with E-state index in [1.165, 1.54) is 6.20 Å². The van der Waals surface area contributed by atoms with Crippen LogP contribution in [0.25, 0.3) is 16.6 Å². The Labute approximate surface area is 166 Å². The molecule has 0 saturated carbocycles. The molecule has 3 aromatic rings. The van der Waals surface area contributed by atoms with Crippen molar-refractivity contribution < 1.29 is 8.78 Å². The Morgan fingerprint density at radius 3 is 2.69 bits per heavy atom. The average molecular weight is 397 g/mol. The van der Waals surface area contributed by atoms with Crippen molar-refractivity contribution in [1.29, 1.82) is 5.41 Å². The minimum absolute atomic E-state index is 0.326. The van der Waals surface area contributed by atoms with Gasteiger partial charge in [0.25, 0.3) is 6.43 Å². The molecule has 0 aliphatic heterocycles. The van der Waals surface area contributed by atoms with Gasteiger partial charge in [-0.15, -0.1) is 5.10 Å². The molecule has 0 spiro atoms. The molecule has 0 saturated heterocycles. The van der Waals surface area contributed by atoms with Crippen LogP contribution in [-0.2, 0) is 0 Å². The van der Waals surface area contributed by atoms with Gasteiger partial charge in [-0.1, -0.05) is 13.8 Å². The molecule has 3 N–H and O–H groups in total. The normalized spacial score (nSPS) is 11.9. The van der Waals surface area contributed by atoms with Gasteiger partial charge in [-0.05, 0) is 35.7 Å². The Hall–Kier alpha value is -3.49. The third kappa shape index (κ3) is 5.28. The molecular weight excluding hydrogens is 376 g/mol. The standard InChI is InChI=1S/C20H21F2N7/c1-12(2)13-6-20(29-26-10-13)28-19-4-3-16-17(27-19)5-14(9-25-16)15(7-23)8-24-11-18(21)22/h3-10,12,18,23-24H,11H2,1-2H3,(H,27,28,29)/b15-8+,23-7?. The quantitative estimate of drug-likeness (QED) is 0.494. The van der Waals surface area contributed by atoms with Gasteiger partial charge in [0.15, 0.2) is 5.82 Å². The maximum absolute atomic E-state index is 12.3. The zero-order valence-electron chi connectivity index (χ0n) is 16.0. The molecule has 29 heavy (non-hydrogen) atoms. The smallest absolute Gasteiger partial charge is 0.255 e. The second kappa shape index (κ2) is 9.13. The molecule has 0 bridgehead atoms. The summed E-state index contributed by atoms with van der Waals surface area (Å²) >= 11 is 0. The van der Waals surface area contributed by atoms with E-state index in [2.05, 4.69) is 44.6 Å². The van der Waals surface area contributed by atoms with E-state index in [9.17, 15) is 8.78 Å². The molecule has 0 aliphatic rings. The summed E-state index contributed by atoms with van der Waals surface area (Å²) in [6.45, 7) is 3.67. The largest absolute Gasteiger partial charge is 0.385 e. The molecule has 0 radical (unpaired) electrons. The van der Waals surface area contributed by atoms with Crippen LogP contribution in [0.5, 0.6) is 0 Å². The molecule has 0 aliphatic carbocycles. The third-order valence-corrected chi connectivity index (χ3v) is 4.15. The van der Waals surface area contributed by atoms with Gasteiger partial charge in [0, 0.05) is 29.7 Å². The zero-order chi connectivity index (χ0) is 20.8. The zero-order valence-corrected chi connectivity index (χ0v) is 16.0. The number of rotatable bonds is 8. The first-order chi connectivity index (χ1) is 14.0. The Morgan fingerprint density at radius 2 is 1.97 bits per heavy atom. The van der Waals surface area contributed by atoms with Crippen LogP contribution in [0, 0.1) is 5.41 Å². The van der Waals surface area contributed by atoms with E-state index in [0.29, 0.717) is 39.7 Å². The minimum Gasteiger partial charge on any atom is -0.385 e. The summed E-state index contributed by atoms with van der Waals surface area (Å²) in [5.74, 6) is 1.48. The van der Waals surface area contributed by atoms with Crippen LogP contribution in [0.3, 0.4) is 0 Å². The van der Waals surface area contributed by atoms with Crippen LogP contribution in [0.1, 0.15) is 30.9 Å². The SMILES string of the molecule is CC(C)c1cnnc(Nc2ccc3ncc(/C(C=N)=C/NCC(F)F)cc3n2)c1. The topological polar surface area (TPSA) is 99.5 Å². The first-order valence-corrected chi connectivity index (χ1v) is 9.05. The van der Waals surface area contributed by atoms with Gasteiger partial charge < -0.3 is 16.0 Å². The Kier molecular flexibility index (Phi) is 6.38. The number of hydrogen-bond acceptors (Lipinski definition) is 7. The summed E-state index contributed by atoms with van der Waals surface area (Å²) < 4.78 is 24.6. The minimum atomic E-state index is -2.47. The first-order valence-electron chi connectivity index (χ1n) is 9.05. The number of aromatic nitrogens is 4. The van der Waals surface area contributed by atoms with Gasteiger partial charge in [0.05, 0.1) is 23.8 Å². The van der Waals surface area contributed by atoms with E-state index in [0.717, 1.165) is 11.8 Å². The van der Waals surface area contributed by atoms with Crippen molar-refractivity contribution >= 4 is 34.5 Å². The highest BCUT2D eigenvalue weighted by molar-refractivity contribution is 6.08. The van der Waals surface area contributed by atoms with Crippen molar-refractivity contribution in [3.63, 3.8) is 0 Å². The molecule has 0 unspecified atom stereocenters. The van der Waals surface area contributed by atoms with Gasteiger partial charge in [0.2, 0.25) is 0 Å². The lowest BCUT2D eigenvalue weighted by Crippen LogP contribution is -2.15. The summed E-state index contributed by atoms with van der Waals surface area (Å²) in [6, 6.07) is 7.28. The fraction of sp³-hybridized carbons (Fsp3) is 0.250. The Bertz CT molecular complexity index is 1030. The van der Waals surface area contributed by atoms with Crippen LogP contribution >= 0.6 is 0 Å². The second-order valence-electron chi connectivity index (χ2n) is 6.66. The molecule has 3 aromatic heterocycles.